The number of hydrogen-bond donors (Lipinski definition) is 0. The third kappa shape index (κ3) is 4.12. The first-order valence-corrected chi connectivity index (χ1v) is 12.1. The molecule has 1 aromatic heterocycles. The first-order valence-electron chi connectivity index (χ1n) is 12.1. The van der Waals surface area contributed by atoms with Crippen LogP contribution in [0.4, 0.5) is 4.79 Å². The molecular weight excluding hydrogens is 464 g/mol. The van der Waals surface area contributed by atoms with Gasteiger partial charge in [-0.25, -0.2) is 9.69 Å². The summed E-state index contributed by atoms with van der Waals surface area (Å²) < 4.78 is 12.8. The fraction of sp³-hybridized carbons (Fsp3) is 0.0968. The highest BCUT2D eigenvalue weighted by atomic mass is 16.6. The molecule has 2 amide bonds. The second-order valence-corrected chi connectivity index (χ2v) is 8.90. The van der Waals surface area contributed by atoms with Gasteiger partial charge < -0.3 is 14.0 Å². The SMILES string of the molecule is COc1ccc(CCN2C(=O)OC(=Cc3ccc4c(c3)c3ccccc3n4-c3ccccc3)C2=O)cc1. The van der Waals surface area contributed by atoms with Crippen LogP contribution >= 0.6 is 0 Å². The lowest BCUT2D eigenvalue weighted by molar-refractivity contribution is -0.123. The molecule has 6 heteroatoms. The third-order valence-corrected chi connectivity index (χ3v) is 6.67. The van der Waals surface area contributed by atoms with Gasteiger partial charge in [0, 0.05) is 23.0 Å². The minimum absolute atomic E-state index is 0.0332. The Morgan fingerprint density at radius 3 is 2.32 bits per heavy atom. The number of carbonyl (C=O) groups excluding carboxylic acids is 2. The van der Waals surface area contributed by atoms with Gasteiger partial charge >= 0.3 is 6.09 Å². The monoisotopic (exact) mass is 488 g/mol. The van der Waals surface area contributed by atoms with Gasteiger partial charge in [0.15, 0.2) is 5.76 Å². The molecule has 0 bridgehead atoms. The number of nitrogens with zero attached hydrogens (tertiary/aromatic N) is 2. The number of methoxy groups -OCH3 is 1. The Bertz CT molecular complexity index is 1670. The van der Waals surface area contributed by atoms with Gasteiger partial charge in [-0.05, 0) is 66.1 Å². The lowest BCUT2D eigenvalue weighted by Gasteiger charge is -2.10. The molecule has 1 aliphatic heterocycles. The summed E-state index contributed by atoms with van der Waals surface area (Å²) in [7, 11) is 1.61. The predicted molar refractivity (Wildman–Crippen MR) is 144 cm³/mol. The van der Waals surface area contributed by atoms with Crippen molar-refractivity contribution in [2.75, 3.05) is 13.7 Å². The molecule has 1 aliphatic rings. The van der Waals surface area contributed by atoms with Crippen LogP contribution in [-0.2, 0) is 16.0 Å². The van der Waals surface area contributed by atoms with Gasteiger partial charge in [-0.15, -0.1) is 0 Å². The van der Waals surface area contributed by atoms with E-state index in [0.717, 1.165) is 49.3 Å². The molecule has 0 aliphatic carbocycles. The van der Waals surface area contributed by atoms with Gasteiger partial charge in [0.25, 0.3) is 5.91 Å². The molecule has 0 atom stereocenters. The van der Waals surface area contributed by atoms with E-state index in [-0.39, 0.29) is 12.3 Å². The van der Waals surface area contributed by atoms with E-state index in [1.165, 1.54) is 0 Å². The summed E-state index contributed by atoms with van der Waals surface area (Å²) >= 11 is 0. The van der Waals surface area contributed by atoms with Gasteiger partial charge in [0.05, 0.1) is 18.1 Å². The van der Waals surface area contributed by atoms with Gasteiger partial charge in [-0.1, -0.05) is 54.6 Å². The summed E-state index contributed by atoms with van der Waals surface area (Å²) in [4.78, 5) is 26.6. The van der Waals surface area contributed by atoms with Crippen molar-refractivity contribution in [2.24, 2.45) is 0 Å². The maximum Gasteiger partial charge on any atom is 0.422 e. The molecule has 37 heavy (non-hydrogen) atoms. The van der Waals surface area contributed by atoms with Gasteiger partial charge in [-0.2, -0.15) is 0 Å². The van der Waals surface area contributed by atoms with E-state index in [9.17, 15) is 9.59 Å². The molecule has 0 saturated carbocycles. The van der Waals surface area contributed by atoms with Crippen LogP contribution in [0.25, 0.3) is 33.6 Å². The zero-order valence-electron chi connectivity index (χ0n) is 20.3. The number of benzene rings is 4. The number of aromatic nitrogens is 1. The molecule has 2 heterocycles. The van der Waals surface area contributed by atoms with Crippen molar-refractivity contribution in [3.8, 4) is 11.4 Å². The fourth-order valence-electron chi connectivity index (χ4n) is 4.81. The number of imide groups is 1. The van der Waals surface area contributed by atoms with Crippen LogP contribution in [0.5, 0.6) is 5.75 Å². The van der Waals surface area contributed by atoms with E-state index < -0.39 is 12.0 Å². The second-order valence-electron chi connectivity index (χ2n) is 8.90. The standard InChI is InChI=1S/C31H24N2O4/c1-36-24-14-11-21(12-15-24)17-18-32-30(34)29(37-31(32)35)20-22-13-16-28-26(19-22)25-9-5-6-10-27(25)33(28)23-7-3-2-4-8-23/h2-16,19-20H,17-18H2,1H3. The Hall–Kier alpha value is -4.84. The average Bonchev–Trinajstić information content (AvgIpc) is 3.41. The summed E-state index contributed by atoms with van der Waals surface area (Å²) in [6.45, 7) is 0.241. The molecule has 1 fully saturated rings. The van der Waals surface area contributed by atoms with Crippen LogP contribution in [0.15, 0.2) is 103 Å². The Morgan fingerprint density at radius 2 is 1.54 bits per heavy atom. The van der Waals surface area contributed by atoms with Crippen molar-refractivity contribution in [1.29, 1.82) is 0 Å². The number of hydrogen-bond acceptors (Lipinski definition) is 4. The zero-order valence-corrected chi connectivity index (χ0v) is 20.3. The lowest BCUT2D eigenvalue weighted by atomic mass is 10.1. The summed E-state index contributed by atoms with van der Waals surface area (Å²) in [5, 5.41) is 2.17. The van der Waals surface area contributed by atoms with Crippen molar-refractivity contribution in [2.45, 2.75) is 6.42 Å². The summed E-state index contributed by atoms with van der Waals surface area (Å²) in [5.74, 6) is 0.366. The Labute approximate surface area is 213 Å². The fourth-order valence-corrected chi connectivity index (χ4v) is 4.81. The molecule has 0 radical (unpaired) electrons. The highest BCUT2D eigenvalue weighted by molar-refractivity contribution is 6.12. The van der Waals surface area contributed by atoms with Crippen molar-refractivity contribution in [3.05, 3.63) is 114 Å². The van der Waals surface area contributed by atoms with Gasteiger partial charge in [0.2, 0.25) is 0 Å². The Morgan fingerprint density at radius 1 is 0.811 bits per heavy atom. The van der Waals surface area contributed by atoms with Crippen LogP contribution in [0.3, 0.4) is 0 Å². The van der Waals surface area contributed by atoms with Crippen LogP contribution < -0.4 is 4.74 Å². The second kappa shape index (κ2) is 9.32. The van der Waals surface area contributed by atoms with Crippen molar-refractivity contribution in [3.63, 3.8) is 0 Å². The van der Waals surface area contributed by atoms with Crippen molar-refractivity contribution < 1.29 is 19.1 Å². The number of para-hydroxylation sites is 2. The molecule has 4 aromatic carbocycles. The van der Waals surface area contributed by atoms with Crippen molar-refractivity contribution in [1.82, 2.24) is 9.47 Å². The lowest BCUT2D eigenvalue weighted by Crippen LogP contribution is -2.30. The highest BCUT2D eigenvalue weighted by Crippen LogP contribution is 2.33. The molecule has 6 nitrogen and oxygen atoms in total. The molecule has 1 saturated heterocycles. The predicted octanol–water partition coefficient (Wildman–Crippen LogP) is 6.35. The molecule has 5 aromatic rings. The first-order chi connectivity index (χ1) is 18.1. The number of carbonyl (C=O) groups is 2. The number of rotatable bonds is 6. The zero-order chi connectivity index (χ0) is 25.4. The third-order valence-electron chi connectivity index (χ3n) is 6.67. The maximum absolute atomic E-state index is 13.0. The Balaban J connectivity index is 1.30. The summed E-state index contributed by atoms with van der Waals surface area (Å²) in [6.07, 6.45) is 1.52. The Kier molecular flexibility index (Phi) is 5.69. The molecule has 0 N–H and O–H groups in total. The van der Waals surface area contributed by atoms with Gasteiger partial charge in [0.1, 0.15) is 5.75 Å². The molecule has 182 valence electrons. The van der Waals surface area contributed by atoms with Crippen LogP contribution in [0.2, 0.25) is 0 Å². The largest absolute Gasteiger partial charge is 0.497 e. The van der Waals surface area contributed by atoms with Gasteiger partial charge in [-0.3, -0.25) is 4.79 Å². The van der Waals surface area contributed by atoms with E-state index in [1.54, 1.807) is 13.2 Å². The number of cyclic esters (lactones) is 1. The van der Waals surface area contributed by atoms with Crippen LogP contribution in [0, 0.1) is 0 Å². The first kappa shape index (κ1) is 22.6. The number of amides is 2. The summed E-state index contributed by atoms with van der Waals surface area (Å²) in [5.41, 5.74) is 5.02. The van der Waals surface area contributed by atoms with Crippen LogP contribution in [-0.4, -0.2) is 35.1 Å². The quantitative estimate of drug-likeness (QED) is 0.261. The number of fused-ring (bicyclic) bond motifs is 3. The smallest absolute Gasteiger partial charge is 0.422 e. The molecule has 0 spiro atoms. The topological polar surface area (TPSA) is 60.8 Å². The van der Waals surface area contributed by atoms with Crippen LogP contribution in [0.1, 0.15) is 11.1 Å². The molecule has 0 unspecified atom stereocenters. The maximum atomic E-state index is 13.0. The van der Waals surface area contributed by atoms with Crippen molar-refractivity contribution >= 4 is 39.9 Å². The number of ether oxygens (including phenoxy) is 2. The van der Waals surface area contributed by atoms with E-state index in [2.05, 4.69) is 28.8 Å². The van der Waals surface area contributed by atoms with E-state index >= 15 is 0 Å². The normalized spacial score (nSPS) is 14.6. The highest BCUT2D eigenvalue weighted by Gasteiger charge is 2.36. The summed E-state index contributed by atoms with van der Waals surface area (Å²) in [6, 6.07) is 32.0. The molecular formula is C31H24N2O4. The molecule has 6 rings (SSSR count). The van der Waals surface area contributed by atoms with E-state index in [0.29, 0.717) is 6.42 Å². The minimum Gasteiger partial charge on any atom is -0.497 e. The van der Waals surface area contributed by atoms with E-state index in [4.69, 9.17) is 9.47 Å². The average molecular weight is 489 g/mol. The van der Waals surface area contributed by atoms with E-state index in [1.807, 2.05) is 72.8 Å². The minimum atomic E-state index is -0.647.